The molecule has 32 heavy (non-hydrogen) atoms. The molecule has 1 aromatic carbocycles. The second kappa shape index (κ2) is 11.3. The SMILES string of the molecule is CN=C(NCc1ccc(-n2nc(C)cc2C)nc1)N1CCC(Oc2ccccc2)CC1.I. The molecule has 0 amide bonds. The summed E-state index contributed by atoms with van der Waals surface area (Å²) in [7, 11) is 1.83. The normalized spacial score (nSPS) is 14.7. The first-order valence-corrected chi connectivity index (χ1v) is 10.8. The third-order valence-corrected chi connectivity index (χ3v) is 5.49. The first-order valence-electron chi connectivity index (χ1n) is 10.8. The Morgan fingerprint density at radius 1 is 1.12 bits per heavy atom. The fraction of sp³-hybridized carbons (Fsp3) is 0.375. The standard InChI is InChI=1S/C24H30N6O.HI/c1-18-15-19(2)30(28-18)23-10-9-20(16-26-23)17-27-24(25-3)29-13-11-22(12-14-29)31-21-7-5-4-6-8-21;/h4-10,15-16,22H,11-14,17H2,1-3H3,(H,25,27);1H. The van der Waals surface area contributed by atoms with Crippen molar-refractivity contribution >= 4 is 29.9 Å². The van der Waals surface area contributed by atoms with Gasteiger partial charge in [-0.25, -0.2) is 9.67 Å². The van der Waals surface area contributed by atoms with Crippen LogP contribution >= 0.6 is 24.0 Å². The number of nitrogens with one attached hydrogen (secondary N) is 1. The largest absolute Gasteiger partial charge is 0.490 e. The molecule has 0 bridgehead atoms. The van der Waals surface area contributed by atoms with Crippen LogP contribution in [0.4, 0.5) is 0 Å². The van der Waals surface area contributed by atoms with Crippen LogP contribution in [0, 0.1) is 13.8 Å². The monoisotopic (exact) mass is 546 g/mol. The highest BCUT2D eigenvalue weighted by molar-refractivity contribution is 14.0. The third-order valence-electron chi connectivity index (χ3n) is 5.49. The van der Waals surface area contributed by atoms with E-state index >= 15 is 0 Å². The van der Waals surface area contributed by atoms with E-state index in [9.17, 15) is 0 Å². The lowest BCUT2D eigenvalue weighted by Crippen LogP contribution is -2.47. The zero-order chi connectivity index (χ0) is 21.6. The summed E-state index contributed by atoms with van der Waals surface area (Å²) in [4.78, 5) is 11.3. The van der Waals surface area contributed by atoms with E-state index in [1.54, 1.807) is 0 Å². The number of para-hydroxylation sites is 1. The van der Waals surface area contributed by atoms with Crippen molar-refractivity contribution in [2.45, 2.75) is 39.3 Å². The summed E-state index contributed by atoms with van der Waals surface area (Å²) in [6, 6.07) is 16.2. The molecule has 1 N–H and O–H groups in total. The Labute approximate surface area is 206 Å². The quantitative estimate of drug-likeness (QED) is 0.296. The van der Waals surface area contributed by atoms with Crippen LogP contribution in [0.25, 0.3) is 5.82 Å². The zero-order valence-corrected chi connectivity index (χ0v) is 21.2. The third kappa shape index (κ3) is 5.99. The van der Waals surface area contributed by atoms with Gasteiger partial charge in [0, 0.05) is 51.4 Å². The summed E-state index contributed by atoms with van der Waals surface area (Å²) in [6.45, 7) is 6.55. The molecule has 3 heterocycles. The Kier molecular flexibility index (Phi) is 8.49. The average molecular weight is 546 g/mol. The van der Waals surface area contributed by atoms with Gasteiger partial charge in [0.05, 0.1) is 5.69 Å². The van der Waals surface area contributed by atoms with Crippen molar-refractivity contribution in [3.63, 3.8) is 0 Å². The smallest absolute Gasteiger partial charge is 0.193 e. The highest BCUT2D eigenvalue weighted by atomic mass is 127. The van der Waals surface area contributed by atoms with Crippen LogP contribution in [0.2, 0.25) is 0 Å². The maximum absolute atomic E-state index is 6.10. The number of benzene rings is 1. The molecule has 1 aliphatic heterocycles. The van der Waals surface area contributed by atoms with Gasteiger partial charge in [-0.3, -0.25) is 4.99 Å². The highest BCUT2D eigenvalue weighted by Gasteiger charge is 2.22. The van der Waals surface area contributed by atoms with E-state index in [0.29, 0.717) is 6.54 Å². The van der Waals surface area contributed by atoms with Gasteiger partial charge in [0.25, 0.3) is 0 Å². The minimum absolute atomic E-state index is 0. The number of halogens is 1. The number of aryl methyl sites for hydroxylation is 2. The van der Waals surface area contributed by atoms with Crippen LogP contribution in [0.1, 0.15) is 29.8 Å². The number of ether oxygens (including phenoxy) is 1. The molecular weight excluding hydrogens is 515 g/mol. The number of rotatable bonds is 5. The first-order chi connectivity index (χ1) is 15.1. The van der Waals surface area contributed by atoms with Crippen LogP contribution in [0.3, 0.4) is 0 Å². The van der Waals surface area contributed by atoms with Crippen LogP contribution in [-0.4, -0.2) is 51.9 Å². The van der Waals surface area contributed by atoms with E-state index in [0.717, 1.165) is 60.4 Å². The number of hydrogen-bond acceptors (Lipinski definition) is 4. The van der Waals surface area contributed by atoms with Crippen LogP contribution < -0.4 is 10.1 Å². The Hall–Kier alpha value is -2.62. The summed E-state index contributed by atoms with van der Waals surface area (Å²) >= 11 is 0. The Balaban J connectivity index is 0.00000289. The highest BCUT2D eigenvalue weighted by Crippen LogP contribution is 2.19. The van der Waals surface area contributed by atoms with Gasteiger partial charge in [0.1, 0.15) is 11.9 Å². The second-order valence-corrected chi connectivity index (χ2v) is 7.88. The molecule has 0 atom stereocenters. The van der Waals surface area contributed by atoms with Crippen molar-refractivity contribution in [1.29, 1.82) is 0 Å². The van der Waals surface area contributed by atoms with Crippen LogP contribution in [0.5, 0.6) is 5.75 Å². The molecule has 1 fully saturated rings. The number of pyridine rings is 1. The number of guanidine groups is 1. The van der Waals surface area contributed by atoms with Gasteiger partial charge < -0.3 is 15.0 Å². The van der Waals surface area contributed by atoms with Crippen molar-refractivity contribution in [3.8, 4) is 11.6 Å². The van der Waals surface area contributed by atoms with E-state index < -0.39 is 0 Å². The molecule has 0 spiro atoms. The molecule has 0 saturated carbocycles. The van der Waals surface area contributed by atoms with Gasteiger partial charge >= 0.3 is 0 Å². The van der Waals surface area contributed by atoms with Gasteiger partial charge in [-0.2, -0.15) is 5.10 Å². The molecule has 4 rings (SSSR count). The lowest BCUT2D eigenvalue weighted by Gasteiger charge is -2.34. The number of hydrogen-bond donors (Lipinski definition) is 1. The predicted molar refractivity (Wildman–Crippen MR) is 138 cm³/mol. The van der Waals surface area contributed by atoms with E-state index in [1.807, 2.05) is 68.2 Å². The van der Waals surface area contributed by atoms with E-state index in [-0.39, 0.29) is 30.1 Å². The molecule has 8 heteroatoms. The molecule has 170 valence electrons. The van der Waals surface area contributed by atoms with E-state index in [2.05, 4.69) is 37.4 Å². The molecule has 0 unspecified atom stereocenters. The minimum atomic E-state index is 0. The lowest BCUT2D eigenvalue weighted by molar-refractivity contribution is 0.129. The molecule has 0 radical (unpaired) electrons. The van der Waals surface area contributed by atoms with Crippen molar-refractivity contribution in [3.05, 3.63) is 71.7 Å². The molecule has 1 saturated heterocycles. The van der Waals surface area contributed by atoms with Gasteiger partial charge in [-0.15, -0.1) is 24.0 Å². The van der Waals surface area contributed by atoms with Gasteiger partial charge in [-0.1, -0.05) is 24.3 Å². The van der Waals surface area contributed by atoms with E-state index in [1.165, 1.54) is 0 Å². The summed E-state index contributed by atoms with van der Waals surface area (Å²) < 4.78 is 7.97. The predicted octanol–water partition coefficient (Wildman–Crippen LogP) is 4.12. The Morgan fingerprint density at radius 2 is 1.88 bits per heavy atom. The molecule has 1 aliphatic rings. The van der Waals surface area contributed by atoms with Gasteiger partial charge in [0.2, 0.25) is 0 Å². The second-order valence-electron chi connectivity index (χ2n) is 7.88. The average Bonchev–Trinajstić information content (AvgIpc) is 3.14. The molecule has 2 aromatic heterocycles. The minimum Gasteiger partial charge on any atom is -0.490 e. The number of piperidine rings is 1. The van der Waals surface area contributed by atoms with Crippen molar-refractivity contribution in [2.24, 2.45) is 4.99 Å². The van der Waals surface area contributed by atoms with Crippen LogP contribution in [0.15, 0.2) is 59.7 Å². The maximum atomic E-state index is 6.10. The van der Waals surface area contributed by atoms with Crippen LogP contribution in [-0.2, 0) is 6.54 Å². The number of likely N-dealkylation sites (tertiary alicyclic amines) is 1. The number of aromatic nitrogens is 3. The van der Waals surface area contributed by atoms with Gasteiger partial charge in [-0.05, 0) is 43.7 Å². The van der Waals surface area contributed by atoms with Crippen molar-refractivity contribution in [1.82, 2.24) is 25.0 Å². The fourth-order valence-corrected chi connectivity index (χ4v) is 3.90. The number of nitrogens with zero attached hydrogens (tertiary/aromatic N) is 5. The Morgan fingerprint density at radius 3 is 2.47 bits per heavy atom. The molecule has 3 aromatic rings. The molecule has 7 nitrogen and oxygen atoms in total. The Bertz CT molecular complexity index is 1010. The summed E-state index contributed by atoms with van der Waals surface area (Å²) in [5.74, 6) is 2.69. The summed E-state index contributed by atoms with van der Waals surface area (Å²) in [5, 5.41) is 7.96. The van der Waals surface area contributed by atoms with E-state index in [4.69, 9.17) is 4.74 Å². The van der Waals surface area contributed by atoms with Crippen molar-refractivity contribution in [2.75, 3.05) is 20.1 Å². The van der Waals surface area contributed by atoms with Crippen molar-refractivity contribution < 1.29 is 4.74 Å². The lowest BCUT2D eigenvalue weighted by atomic mass is 10.1. The fourth-order valence-electron chi connectivity index (χ4n) is 3.90. The summed E-state index contributed by atoms with van der Waals surface area (Å²) in [5.41, 5.74) is 3.18. The summed E-state index contributed by atoms with van der Waals surface area (Å²) in [6.07, 6.45) is 4.11. The molecule has 0 aliphatic carbocycles. The topological polar surface area (TPSA) is 67.6 Å². The molecular formula is C24H31IN6O. The maximum Gasteiger partial charge on any atom is 0.193 e. The number of aliphatic imine (C=N–C) groups is 1. The zero-order valence-electron chi connectivity index (χ0n) is 18.9. The van der Waals surface area contributed by atoms with Gasteiger partial charge in [0.15, 0.2) is 11.8 Å². The first kappa shape index (κ1) is 24.0.